The zero-order chi connectivity index (χ0) is 6.85. The zero-order valence-corrected chi connectivity index (χ0v) is 6.65. The molecule has 0 bridgehead atoms. The Balaban J connectivity index is 0.000000810. The molecule has 0 amide bonds. The average Bonchev–Trinajstić information content (AvgIpc) is 2.13. The quantitative estimate of drug-likeness (QED) is 0.590. The van der Waals surface area contributed by atoms with E-state index in [2.05, 4.69) is 5.32 Å². The third kappa shape index (κ3) is 1.85. The number of rotatable bonds is 1. The molecule has 0 aromatic carbocycles. The third-order valence-electron chi connectivity index (χ3n) is 1.83. The summed E-state index contributed by atoms with van der Waals surface area (Å²) in [7, 11) is 0. The van der Waals surface area contributed by atoms with Gasteiger partial charge in [-0.3, -0.25) is 4.79 Å². The van der Waals surface area contributed by atoms with Gasteiger partial charge in [0, 0.05) is 6.54 Å². The summed E-state index contributed by atoms with van der Waals surface area (Å²) in [6.07, 6.45) is 0. The van der Waals surface area contributed by atoms with Gasteiger partial charge in [0.05, 0.1) is 5.92 Å². The van der Waals surface area contributed by atoms with Crippen LogP contribution in [0.15, 0.2) is 0 Å². The van der Waals surface area contributed by atoms with E-state index >= 15 is 0 Å². The van der Waals surface area contributed by atoms with E-state index in [0.29, 0.717) is 12.5 Å². The van der Waals surface area contributed by atoms with Crippen LogP contribution in [0, 0.1) is 11.8 Å². The fourth-order valence-corrected chi connectivity index (χ4v) is 1.14. The maximum atomic E-state index is 10.4. The first-order chi connectivity index (χ1) is 4.22. The highest BCUT2D eigenvalue weighted by molar-refractivity contribution is 5.85. The minimum atomic E-state index is -0.674. The number of hydrogen-bond donors (Lipinski definition) is 2. The second-order valence-corrected chi connectivity index (χ2v) is 2.58. The Morgan fingerprint density at radius 1 is 1.60 bits per heavy atom. The molecule has 60 valence electrons. The fourth-order valence-electron chi connectivity index (χ4n) is 1.14. The van der Waals surface area contributed by atoms with Crippen molar-refractivity contribution in [3.63, 3.8) is 0 Å². The Kier molecular flexibility index (Phi) is 3.68. The molecule has 0 spiro atoms. The van der Waals surface area contributed by atoms with Gasteiger partial charge in [0.15, 0.2) is 0 Å². The zero-order valence-electron chi connectivity index (χ0n) is 5.83. The first-order valence-corrected chi connectivity index (χ1v) is 3.15. The number of nitrogens with one attached hydrogen (secondary N) is 1. The highest BCUT2D eigenvalue weighted by Gasteiger charge is 2.28. The third-order valence-corrected chi connectivity index (χ3v) is 1.83. The van der Waals surface area contributed by atoms with Gasteiger partial charge in [-0.15, -0.1) is 12.4 Å². The first kappa shape index (κ1) is 9.72. The van der Waals surface area contributed by atoms with E-state index in [0.717, 1.165) is 6.54 Å². The average molecular weight is 166 g/mol. The highest BCUT2D eigenvalue weighted by atomic mass is 35.5. The molecule has 1 aliphatic heterocycles. The van der Waals surface area contributed by atoms with Crippen LogP contribution in [0.25, 0.3) is 0 Å². The predicted octanol–water partition coefficient (Wildman–Crippen LogP) is 0.348. The Morgan fingerprint density at radius 2 is 2.20 bits per heavy atom. The van der Waals surface area contributed by atoms with Crippen molar-refractivity contribution in [2.24, 2.45) is 11.8 Å². The second kappa shape index (κ2) is 3.78. The maximum absolute atomic E-state index is 10.4. The summed E-state index contributed by atoms with van der Waals surface area (Å²) in [5.41, 5.74) is 0. The lowest BCUT2D eigenvalue weighted by Crippen LogP contribution is -2.20. The minimum absolute atomic E-state index is 0. The molecule has 2 atom stereocenters. The summed E-state index contributed by atoms with van der Waals surface area (Å²) >= 11 is 0. The van der Waals surface area contributed by atoms with E-state index in [1.807, 2.05) is 6.92 Å². The van der Waals surface area contributed by atoms with Crippen LogP contribution >= 0.6 is 12.4 Å². The van der Waals surface area contributed by atoms with E-state index in [-0.39, 0.29) is 18.3 Å². The van der Waals surface area contributed by atoms with Crippen molar-refractivity contribution in [1.29, 1.82) is 0 Å². The van der Waals surface area contributed by atoms with Crippen LogP contribution < -0.4 is 5.32 Å². The SMILES string of the molecule is CC1CNCC1C(=O)O.Cl. The molecule has 1 rings (SSSR count). The van der Waals surface area contributed by atoms with Crippen LogP contribution in [0.4, 0.5) is 0 Å². The van der Waals surface area contributed by atoms with Gasteiger partial charge in [0.2, 0.25) is 0 Å². The summed E-state index contributed by atoms with van der Waals surface area (Å²) in [5.74, 6) is -0.542. The number of aliphatic carboxylic acids is 1. The van der Waals surface area contributed by atoms with Gasteiger partial charge in [-0.1, -0.05) is 6.92 Å². The molecule has 2 unspecified atom stereocenters. The Bertz CT molecular complexity index is 129. The Morgan fingerprint density at radius 3 is 2.40 bits per heavy atom. The molecule has 0 aromatic rings. The van der Waals surface area contributed by atoms with Crippen molar-refractivity contribution in [3.8, 4) is 0 Å². The molecular formula is C6H12ClNO2. The molecule has 0 aromatic heterocycles. The van der Waals surface area contributed by atoms with Crippen molar-refractivity contribution < 1.29 is 9.90 Å². The number of hydrogen-bond acceptors (Lipinski definition) is 2. The number of carboxylic acids is 1. The Hall–Kier alpha value is -0.280. The van der Waals surface area contributed by atoms with Crippen LogP contribution in [0.3, 0.4) is 0 Å². The molecule has 0 saturated carbocycles. The molecule has 10 heavy (non-hydrogen) atoms. The van der Waals surface area contributed by atoms with Gasteiger partial charge in [-0.05, 0) is 12.5 Å². The van der Waals surface area contributed by atoms with Crippen molar-refractivity contribution >= 4 is 18.4 Å². The molecule has 1 saturated heterocycles. The predicted molar refractivity (Wildman–Crippen MR) is 40.4 cm³/mol. The lowest BCUT2D eigenvalue weighted by molar-refractivity contribution is -0.142. The van der Waals surface area contributed by atoms with Crippen molar-refractivity contribution in [2.45, 2.75) is 6.92 Å². The summed E-state index contributed by atoms with van der Waals surface area (Å²) in [6.45, 7) is 3.44. The maximum Gasteiger partial charge on any atom is 0.308 e. The van der Waals surface area contributed by atoms with Crippen LogP contribution in [0.2, 0.25) is 0 Å². The summed E-state index contributed by atoms with van der Waals surface area (Å²) in [4.78, 5) is 10.4. The van der Waals surface area contributed by atoms with Crippen molar-refractivity contribution in [2.75, 3.05) is 13.1 Å². The minimum Gasteiger partial charge on any atom is -0.481 e. The van der Waals surface area contributed by atoms with Gasteiger partial charge in [-0.25, -0.2) is 0 Å². The van der Waals surface area contributed by atoms with E-state index in [1.165, 1.54) is 0 Å². The van der Waals surface area contributed by atoms with Gasteiger partial charge in [-0.2, -0.15) is 0 Å². The normalized spacial score (nSPS) is 31.3. The van der Waals surface area contributed by atoms with Gasteiger partial charge in [0.25, 0.3) is 0 Å². The lowest BCUT2D eigenvalue weighted by Gasteiger charge is -2.05. The lowest BCUT2D eigenvalue weighted by atomic mass is 9.99. The van der Waals surface area contributed by atoms with E-state index in [4.69, 9.17) is 5.11 Å². The van der Waals surface area contributed by atoms with E-state index < -0.39 is 5.97 Å². The standard InChI is InChI=1S/C6H11NO2.ClH/c1-4-2-7-3-5(4)6(8)9;/h4-5,7H,2-3H2,1H3,(H,8,9);1H. The molecule has 1 fully saturated rings. The number of carboxylic acid groups (broad SMARTS) is 1. The van der Waals surface area contributed by atoms with Crippen LogP contribution in [0.1, 0.15) is 6.92 Å². The van der Waals surface area contributed by atoms with Crippen LogP contribution in [0.5, 0.6) is 0 Å². The number of halogens is 1. The van der Waals surface area contributed by atoms with Gasteiger partial charge < -0.3 is 10.4 Å². The molecule has 1 aliphatic rings. The molecule has 4 heteroatoms. The highest BCUT2D eigenvalue weighted by Crippen LogP contribution is 2.14. The molecule has 0 aliphatic carbocycles. The smallest absolute Gasteiger partial charge is 0.308 e. The Labute approximate surface area is 66.2 Å². The number of carbonyl (C=O) groups is 1. The molecule has 1 heterocycles. The summed E-state index contributed by atoms with van der Waals surface area (Å²) in [5, 5.41) is 11.6. The second-order valence-electron chi connectivity index (χ2n) is 2.58. The van der Waals surface area contributed by atoms with Gasteiger partial charge in [0.1, 0.15) is 0 Å². The molecule has 2 N–H and O–H groups in total. The van der Waals surface area contributed by atoms with Crippen molar-refractivity contribution in [3.05, 3.63) is 0 Å². The van der Waals surface area contributed by atoms with Crippen LogP contribution in [-0.2, 0) is 4.79 Å². The monoisotopic (exact) mass is 165 g/mol. The van der Waals surface area contributed by atoms with E-state index in [1.54, 1.807) is 0 Å². The fraction of sp³-hybridized carbons (Fsp3) is 0.833. The topological polar surface area (TPSA) is 49.3 Å². The van der Waals surface area contributed by atoms with Gasteiger partial charge >= 0.3 is 5.97 Å². The van der Waals surface area contributed by atoms with Crippen molar-refractivity contribution in [1.82, 2.24) is 5.32 Å². The summed E-state index contributed by atoms with van der Waals surface area (Å²) < 4.78 is 0. The molecular weight excluding hydrogens is 154 g/mol. The summed E-state index contributed by atoms with van der Waals surface area (Å²) in [6, 6.07) is 0. The first-order valence-electron chi connectivity index (χ1n) is 3.15. The molecule has 3 nitrogen and oxygen atoms in total. The molecule has 0 radical (unpaired) electrons. The largest absolute Gasteiger partial charge is 0.481 e. The van der Waals surface area contributed by atoms with Crippen LogP contribution in [-0.4, -0.2) is 24.2 Å². The van der Waals surface area contributed by atoms with E-state index in [9.17, 15) is 4.79 Å².